The van der Waals surface area contributed by atoms with Crippen molar-refractivity contribution in [1.29, 1.82) is 0 Å². The lowest BCUT2D eigenvalue weighted by Crippen LogP contribution is -2.41. The molecule has 0 spiro atoms. The van der Waals surface area contributed by atoms with E-state index < -0.39 is 11.8 Å². The minimum absolute atomic E-state index is 0.0604. The molecule has 1 saturated heterocycles. The van der Waals surface area contributed by atoms with Gasteiger partial charge in [0.1, 0.15) is 0 Å². The van der Waals surface area contributed by atoms with E-state index in [1.54, 1.807) is 14.5 Å². The third kappa shape index (κ3) is 4.54. The summed E-state index contributed by atoms with van der Waals surface area (Å²) in [7, 11) is 0. The second-order valence-electron chi connectivity index (χ2n) is 5.87. The minimum atomic E-state index is -0.530. The van der Waals surface area contributed by atoms with Gasteiger partial charge in [-0.1, -0.05) is 0 Å². The average Bonchev–Trinajstić information content (AvgIpc) is 2.77. The zero-order valence-corrected chi connectivity index (χ0v) is 13.6. The molecule has 8 heteroatoms. The molecule has 1 aromatic heterocycles. The maximum Gasteiger partial charge on any atom is 0.224 e. The molecule has 0 unspecified atom stereocenters. The summed E-state index contributed by atoms with van der Waals surface area (Å²) >= 11 is 0. The van der Waals surface area contributed by atoms with Crippen molar-refractivity contribution < 1.29 is 14.4 Å². The topological polar surface area (TPSA) is 102 Å². The fourth-order valence-corrected chi connectivity index (χ4v) is 2.66. The molecule has 0 bridgehead atoms. The van der Waals surface area contributed by atoms with Gasteiger partial charge >= 0.3 is 0 Å². The van der Waals surface area contributed by atoms with E-state index in [-0.39, 0.29) is 24.9 Å². The van der Waals surface area contributed by atoms with Crippen molar-refractivity contribution in [3.63, 3.8) is 0 Å². The number of amides is 3. The molecule has 2 N–H and O–H groups in total. The van der Waals surface area contributed by atoms with E-state index in [0.717, 1.165) is 5.69 Å². The predicted octanol–water partition coefficient (Wildman–Crippen LogP) is -0.626. The molecule has 3 amide bonds. The van der Waals surface area contributed by atoms with Gasteiger partial charge in [-0.3, -0.25) is 19.1 Å². The van der Waals surface area contributed by atoms with Crippen LogP contribution in [0.15, 0.2) is 12.3 Å². The summed E-state index contributed by atoms with van der Waals surface area (Å²) in [5.74, 6) is -1.19. The Kier molecular flexibility index (Phi) is 5.36. The first-order valence-corrected chi connectivity index (χ1v) is 7.69. The zero-order valence-electron chi connectivity index (χ0n) is 13.6. The van der Waals surface area contributed by atoms with Gasteiger partial charge in [0.25, 0.3) is 0 Å². The molecule has 0 saturated carbocycles. The van der Waals surface area contributed by atoms with Gasteiger partial charge in [-0.2, -0.15) is 5.10 Å². The Balaban J connectivity index is 1.98. The minimum Gasteiger partial charge on any atom is -0.369 e. The largest absolute Gasteiger partial charge is 0.369 e. The molecule has 2 rings (SSSR count). The van der Waals surface area contributed by atoms with Crippen LogP contribution in [0.1, 0.15) is 19.0 Å². The quantitative estimate of drug-likeness (QED) is 0.798. The molecule has 23 heavy (non-hydrogen) atoms. The van der Waals surface area contributed by atoms with Gasteiger partial charge in [-0.05, 0) is 13.0 Å². The molecule has 1 aliphatic heterocycles. The summed E-state index contributed by atoms with van der Waals surface area (Å²) in [5.41, 5.74) is 6.30. The van der Waals surface area contributed by atoms with E-state index >= 15 is 0 Å². The van der Waals surface area contributed by atoms with Crippen molar-refractivity contribution in [3.8, 4) is 0 Å². The number of hydrogen-bond acceptors (Lipinski definition) is 4. The number of carbonyl (C=O) groups is 3. The number of nitrogens with zero attached hydrogens (tertiary/aromatic N) is 4. The van der Waals surface area contributed by atoms with Crippen LogP contribution in [0.5, 0.6) is 0 Å². The van der Waals surface area contributed by atoms with Crippen molar-refractivity contribution >= 4 is 17.7 Å². The number of rotatable bonds is 4. The van der Waals surface area contributed by atoms with Crippen LogP contribution < -0.4 is 5.73 Å². The number of primary amides is 1. The van der Waals surface area contributed by atoms with Crippen LogP contribution in [0.2, 0.25) is 0 Å². The van der Waals surface area contributed by atoms with E-state index in [2.05, 4.69) is 5.10 Å². The number of carbonyl (C=O) groups excluding carboxylic acids is 3. The molecule has 1 aliphatic rings. The standard InChI is InChI=1S/C15H23N5O3/c1-11-3-5-20(17-11)6-4-14(22)19-8-7-18(12(2)21)9-13(10-19)15(16)23/h3,5,13H,4,6-10H2,1-2H3,(H2,16,23)/t13-/m0/s1. The highest BCUT2D eigenvalue weighted by molar-refractivity contribution is 5.81. The maximum absolute atomic E-state index is 12.4. The zero-order chi connectivity index (χ0) is 17.0. The van der Waals surface area contributed by atoms with E-state index in [1.165, 1.54) is 6.92 Å². The van der Waals surface area contributed by atoms with E-state index in [0.29, 0.717) is 26.1 Å². The maximum atomic E-state index is 12.4. The Morgan fingerprint density at radius 1 is 1.26 bits per heavy atom. The average molecular weight is 321 g/mol. The molecular weight excluding hydrogens is 298 g/mol. The summed E-state index contributed by atoms with van der Waals surface area (Å²) in [4.78, 5) is 38.7. The molecular formula is C15H23N5O3. The monoisotopic (exact) mass is 321 g/mol. The molecule has 0 aliphatic carbocycles. The molecule has 0 aromatic carbocycles. The Morgan fingerprint density at radius 3 is 2.48 bits per heavy atom. The lowest BCUT2D eigenvalue weighted by Gasteiger charge is -2.22. The van der Waals surface area contributed by atoms with Gasteiger partial charge in [0.2, 0.25) is 17.7 Å². The van der Waals surface area contributed by atoms with Crippen molar-refractivity contribution in [3.05, 3.63) is 18.0 Å². The van der Waals surface area contributed by atoms with Gasteiger partial charge in [-0.15, -0.1) is 0 Å². The fourth-order valence-electron chi connectivity index (χ4n) is 2.66. The first-order valence-electron chi connectivity index (χ1n) is 7.69. The normalized spacial score (nSPS) is 18.6. The Labute approximate surface area is 135 Å². The van der Waals surface area contributed by atoms with Crippen molar-refractivity contribution in [2.24, 2.45) is 11.7 Å². The number of nitrogens with two attached hydrogens (primary N) is 1. The first kappa shape index (κ1) is 17.0. The molecule has 1 atom stereocenters. The highest BCUT2D eigenvalue weighted by atomic mass is 16.2. The van der Waals surface area contributed by atoms with Crippen molar-refractivity contribution in [1.82, 2.24) is 19.6 Å². The van der Waals surface area contributed by atoms with E-state index in [9.17, 15) is 14.4 Å². The summed E-state index contributed by atoms with van der Waals surface area (Å²) < 4.78 is 1.72. The second-order valence-corrected chi connectivity index (χ2v) is 5.87. The highest BCUT2D eigenvalue weighted by Gasteiger charge is 2.29. The molecule has 1 fully saturated rings. The van der Waals surface area contributed by atoms with Crippen LogP contribution in [-0.2, 0) is 20.9 Å². The lowest BCUT2D eigenvalue weighted by atomic mass is 10.1. The van der Waals surface area contributed by atoms with Crippen LogP contribution in [0.25, 0.3) is 0 Å². The van der Waals surface area contributed by atoms with Crippen LogP contribution >= 0.6 is 0 Å². The molecule has 126 valence electrons. The van der Waals surface area contributed by atoms with Crippen LogP contribution in [0.3, 0.4) is 0 Å². The van der Waals surface area contributed by atoms with Crippen LogP contribution in [-0.4, -0.2) is 63.5 Å². The van der Waals surface area contributed by atoms with Gasteiger partial charge in [-0.25, -0.2) is 0 Å². The van der Waals surface area contributed by atoms with E-state index in [1.807, 2.05) is 19.2 Å². The Bertz CT molecular complexity index is 598. The fraction of sp³-hybridized carbons (Fsp3) is 0.600. The second kappa shape index (κ2) is 7.26. The third-order valence-corrected chi connectivity index (χ3v) is 4.05. The molecule has 8 nitrogen and oxygen atoms in total. The van der Waals surface area contributed by atoms with Crippen LogP contribution in [0, 0.1) is 12.8 Å². The lowest BCUT2D eigenvalue weighted by molar-refractivity contribution is -0.133. The number of aromatic nitrogens is 2. The highest BCUT2D eigenvalue weighted by Crippen LogP contribution is 2.11. The third-order valence-electron chi connectivity index (χ3n) is 4.05. The SMILES string of the molecule is CC(=O)N1CCN(C(=O)CCn2ccc(C)n2)C[C@@H](C(N)=O)C1. The molecule has 1 aromatic rings. The smallest absolute Gasteiger partial charge is 0.224 e. The summed E-state index contributed by atoms with van der Waals surface area (Å²) in [6, 6.07) is 1.88. The predicted molar refractivity (Wildman–Crippen MR) is 83.1 cm³/mol. The van der Waals surface area contributed by atoms with E-state index in [4.69, 9.17) is 5.73 Å². The molecule has 0 radical (unpaired) electrons. The van der Waals surface area contributed by atoms with Crippen molar-refractivity contribution in [2.75, 3.05) is 26.2 Å². The van der Waals surface area contributed by atoms with Gasteiger partial charge in [0, 0.05) is 52.3 Å². The summed E-state index contributed by atoms with van der Waals surface area (Å²) in [6.07, 6.45) is 2.13. The number of hydrogen-bond donors (Lipinski definition) is 1. The van der Waals surface area contributed by atoms with Gasteiger partial charge in [0.15, 0.2) is 0 Å². The van der Waals surface area contributed by atoms with Crippen molar-refractivity contribution in [2.45, 2.75) is 26.8 Å². The number of aryl methyl sites for hydroxylation is 2. The Morgan fingerprint density at radius 2 is 1.91 bits per heavy atom. The summed E-state index contributed by atoms with van der Waals surface area (Å²) in [6.45, 7) is 5.20. The first-order chi connectivity index (χ1) is 10.9. The Hall–Kier alpha value is -2.38. The molecule has 2 heterocycles. The van der Waals surface area contributed by atoms with Crippen LogP contribution in [0.4, 0.5) is 0 Å². The van der Waals surface area contributed by atoms with Gasteiger partial charge in [0.05, 0.1) is 11.6 Å². The summed E-state index contributed by atoms with van der Waals surface area (Å²) in [5, 5.41) is 4.24. The van der Waals surface area contributed by atoms with Gasteiger partial charge < -0.3 is 15.5 Å².